The Balaban J connectivity index is 1.67. The SMILES string of the molecule is COCC(=O)Nc1cc(N2C(=S)N[C@H](c3ccccn3)[C@@H]2c2cc(C)n(-c3ccccc3C(=O)OC)c2C)ccc1OC. The molecule has 1 saturated heterocycles. The molecule has 0 bridgehead atoms. The summed E-state index contributed by atoms with van der Waals surface area (Å²) in [6.45, 7) is 3.93. The number of aromatic nitrogens is 2. The third-order valence-electron chi connectivity index (χ3n) is 7.45. The molecule has 43 heavy (non-hydrogen) atoms. The number of nitrogens with one attached hydrogen (secondary N) is 2. The van der Waals surface area contributed by atoms with Crippen molar-refractivity contribution in [2.45, 2.75) is 25.9 Å². The Kier molecular flexibility index (Phi) is 8.74. The molecule has 0 spiro atoms. The van der Waals surface area contributed by atoms with Gasteiger partial charge in [-0.25, -0.2) is 4.79 Å². The van der Waals surface area contributed by atoms with E-state index in [0.29, 0.717) is 22.1 Å². The van der Waals surface area contributed by atoms with Gasteiger partial charge in [-0.1, -0.05) is 18.2 Å². The molecule has 5 rings (SSSR count). The molecular weight excluding hydrogens is 566 g/mol. The molecule has 0 radical (unpaired) electrons. The standard InChI is InChI=1S/C32H33N5O5S/c1-19-16-23(20(2)36(19)26-12-7-6-10-22(26)31(39)42-5)30-29(24-11-8-9-15-33-24)35-32(43)37(30)21-13-14-27(41-4)25(17-21)34-28(38)18-40-3/h6-17,29-30H,18H2,1-5H3,(H,34,38)(H,35,43)/t29-,30+/m1/s1. The zero-order valence-corrected chi connectivity index (χ0v) is 25.4. The molecule has 1 amide bonds. The Morgan fingerprint density at radius 2 is 1.79 bits per heavy atom. The molecule has 0 saturated carbocycles. The Bertz CT molecular complexity index is 1670. The fourth-order valence-corrected chi connectivity index (χ4v) is 5.96. The Hall–Kier alpha value is -4.74. The number of benzene rings is 2. The van der Waals surface area contributed by atoms with Crippen molar-refractivity contribution in [3.8, 4) is 11.4 Å². The minimum atomic E-state index is -0.414. The predicted octanol–water partition coefficient (Wildman–Crippen LogP) is 5.05. The fraction of sp³-hybridized carbons (Fsp3) is 0.250. The van der Waals surface area contributed by atoms with E-state index >= 15 is 0 Å². The quantitative estimate of drug-likeness (QED) is 0.202. The monoisotopic (exact) mass is 599 g/mol. The number of hydrogen-bond acceptors (Lipinski definition) is 7. The van der Waals surface area contributed by atoms with Gasteiger partial charge in [-0.05, 0) is 80.2 Å². The van der Waals surface area contributed by atoms with E-state index in [1.165, 1.54) is 14.2 Å². The fourth-order valence-electron chi connectivity index (χ4n) is 5.62. The minimum Gasteiger partial charge on any atom is -0.495 e. The Morgan fingerprint density at radius 3 is 2.49 bits per heavy atom. The Morgan fingerprint density at radius 1 is 1.02 bits per heavy atom. The molecule has 2 N–H and O–H groups in total. The van der Waals surface area contributed by atoms with E-state index in [9.17, 15) is 9.59 Å². The highest BCUT2D eigenvalue weighted by molar-refractivity contribution is 7.80. The lowest BCUT2D eigenvalue weighted by Crippen LogP contribution is -2.29. The smallest absolute Gasteiger partial charge is 0.339 e. The van der Waals surface area contributed by atoms with Crippen molar-refractivity contribution < 1.29 is 23.8 Å². The van der Waals surface area contributed by atoms with Gasteiger partial charge >= 0.3 is 5.97 Å². The normalized spacial score (nSPS) is 16.1. The van der Waals surface area contributed by atoms with Crippen LogP contribution in [0.3, 0.4) is 0 Å². The maximum atomic E-state index is 12.7. The van der Waals surface area contributed by atoms with Crippen molar-refractivity contribution in [2.75, 3.05) is 38.2 Å². The number of methoxy groups -OCH3 is 3. The van der Waals surface area contributed by atoms with E-state index in [4.69, 9.17) is 26.4 Å². The first kappa shape index (κ1) is 29.7. The highest BCUT2D eigenvalue weighted by Crippen LogP contribution is 2.45. The first-order valence-electron chi connectivity index (χ1n) is 13.6. The first-order valence-corrected chi connectivity index (χ1v) is 14.0. The number of ether oxygens (including phenoxy) is 3. The second-order valence-electron chi connectivity index (χ2n) is 10.0. The number of aryl methyl sites for hydroxylation is 1. The molecule has 2 atom stereocenters. The van der Waals surface area contributed by atoms with Crippen LogP contribution in [0.2, 0.25) is 0 Å². The van der Waals surface area contributed by atoms with Gasteiger partial charge < -0.3 is 34.3 Å². The molecule has 3 heterocycles. The number of para-hydroxylation sites is 1. The van der Waals surface area contributed by atoms with Crippen molar-refractivity contribution in [2.24, 2.45) is 0 Å². The van der Waals surface area contributed by atoms with Gasteiger partial charge in [0.05, 0.1) is 48.9 Å². The largest absolute Gasteiger partial charge is 0.495 e. The topological polar surface area (TPSA) is 107 Å². The number of thiocarbonyl (C=S) groups is 1. The van der Waals surface area contributed by atoms with Crippen LogP contribution < -0.4 is 20.3 Å². The van der Waals surface area contributed by atoms with Crippen LogP contribution in [0.5, 0.6) is 5.75 Å². The third-order valence-corrected chi connectivity index (χ3v) is 7.76. The summed E-state index contributed by atoms with van der Waals surface area (Å²) in [7, 11) is 4.38. The first-order chi connectivity index (χ1) is 20.8. The van der Waals surface area contributed by atoms with Crippen LogP contribution in [0, 0.1) is 13.8 Å². The molecular formula is C32H33N5O5S. The average Bonchev–Trinajstić information content (AvgIpc) is 3.51. The summed E-state index contributed by atoms with van der Waals surface area (Å²) in [5, 5.41) is 6.85. The van der Waals surface area contributed by atoms with Gasteiger partial charge in [-0.2, -0.15) is 0 Å². The second kappa shape index (κ2) is 12.6. The van der Waals surface area contributed by atoms with Crippen LogP contribution in [-0.4, -0.2) is 54.5 Å². The van der Waals surface area contributed by atoms with Gasteiger partial charge in [0, 0.05) is 30.4 Å². The van der Waals surface area contributed by atoms with Crippen molar-refractivity contribution in [3.63, 3.8) is 0 Å². The Labute approximate surface area is 255 Å². The van der Waals surface area contributed by atoms with Gasteiger partial charge in [0.1, 0.15) is 12.4 Å². The van der Waals surface area contributed by atoms with E-state index < -0.39 is 5.97 Å². The number of carbonyl (C=O) groups is 2. The number of esters is 1. The van der Waals surface area contributed by atoms with Crippen LogP contribution in [0.25, 0.3) is 5.69 Å². The summed E-state index contributed by atoms with van der Waals surface area (Å²) >= 11 is 5.94. The summed E-state index contributed by atoms with van der Waals surface area (Å²) in [6, 6.07) is 20.2. The summed E-state index contributed by atoms with van der Waals surface area (Å²) in [5.41, 5.74) is 6.08. The molecule has 11 heteroatoms. The van der Waals surface area contributed by atoms with Crippen molar-refractivity contribution in [3.05, 3.63) is 101 Å². The summed E-state index contributed by atoms with van der Waals surface area (Å²) in [4.78, 5) is 31.8. The van der Waals surface area contributed by atoms with Gasteiger partial charge in [0.15, 0.2) is 5.11 Å². The summed E-state index contributed by atoms with van der Waals surface area (Å²) in [5.74, 6) is -0.222. The van der Waals surface area contributed by atoms with Crippen LogP contribution in [-0.2, 0) is 14.3 Å². The molecule has 222 valence electrons. The zero-order valence-electron chi connectivity index (χ0n) is 24.6. The number of rotatable bonds is 9. The number of carbonyl (C=O) groups excluding carboxylic acids is 2. The molecule has 0 unspecified atom stereocenters. The lowest BCUT2D eigenvalue weighted by molar-refractivity contribution is -0.119. The average molecular weight is 600 g/mol. The third kappa shape index (κ3) is 5.69. The maximum absolute atomic E-state index is 12.7. The summed E-state index contributed by atoms with van der Waals surface area (Å²) in [6.07, 6.45) is 1.76. The molecule has 0 aliphatic carbocycles. The second-order valence-corrected chi connectivity index (χ2v) is 10.4. The number of nitrogens with zero attached hydrogens (tertiary/aromatic N) is 3. The van der Waals surface area contributed by atoms with E-state index in [1.54, 1.807) is 25.4 Å². The van der Waals surface area contributed by atoms with Gasteiger partial charge in [-0.3, -0.25) is 9.78 Å². The molecule has 2 aromatic heterocycles. The van der Waals surface area contributed by atoms with Crippen LogP contribution in [0.1, 0.15) is 45.1 Å². The van der Waals surface area contributed by atoms with E-state index in [0.717, 1.165) is 34.0 Å². The minimum absolute atomic E-state index is 0.0968. The molecule has 1 aliphatic heterocycles. The van der Waals surface area contributed by atoms with Gasteiger partial charge in [0.25, 0.3) is 0 Å². The number of anilines is 2. The molecule has 10 nitrogen and oxygen atoms in total. The number of amides is 1. The van der Waals surface area contributed by atoms with E-state index in [1.807, 2.05) is 67.3 Å². The molecule has 2 aromatic carbocycles. The van der Waals surface area contributed by atoms with Crippen molar-refractivity contribution >= 4 is 40.6 Å². The highest BCUT2D eigenvalue weighted by Gasteiger charge is 2.42. The van der Waals surface area contributed by atoms with Crippen molar-refractivity contribution in [1.29, 1.82) is 0 Å². The maximum Gasteiger partial charge on any atom is 0.339 e. The number of hydrogen-bond donors (Lipinski definition) is 2. The van der Waals surface area contributed by atoms with E-state index in [2.05, 4.69) is 26.3 Å². The predicted molar refractivity (Wildman–Crippen MR) is 168 cm³/mol. The molecule has 1 aliphatic rings. The van der Waals surface area contributed by atoms with Crippen LogP contribution in [0.4, 0.5) is 11.4 Å². The van der Waals surface area contributed by atoms with Crippen LogP contribution >= 0.6 is 12.2 Å². The van der Waals surface area contributed by atoms with Gasteiger partial charge in [0.2, 0.25) is 5.91 Å². The lowest BCUT2D eigenvalue weighted by Gasteiger charge is -2.29. The zero-order chi connectivity index (χ0) is 30.7. The molecule has 1 fully saturated rings. The van der Waals surface area contributed by atoms with Gasteiger partial charge in [-0.15, -0.1) is 0 Å². The summed E-state index contributed by atoms with van der Waals surface area (Å²) < 4.78 is 17.7. The van der Waals surface area contributed by atoms with E-state index in [-0.39, 0.29) is 24.6 Å². The lowest BCUT2D eigenvalue weighted by atomic mass is 9.96. The molecule has 4 aromatic rings. The highest BCUT2D eigenvalue weighted by atomic mass is 32.1. The van der Waals surface area contributed by atoms with Crippen LogP contribution in [0.15, 0.2) is 72.9 Å². The number of pyridine rings is 1. The van der Waals surface area contributed by atoms with Crippen molar-refractivity contribution in [1.82, 2.24) is 14.9 Å².